The van der Waals surface area contributed by atoms with Crippen LogP contribution in [-0.4, -0.2) is 30.0 Å². The van der Waals surface area contributed by atoms with Gasteiger partial charge in [0, 0.05) is 31.5 Å². The fourth-order valence-corrected chi connectivity index (χ4v) is 1.77. The second kappa shape index (κ2) is 5.67. The van der Waals surface area contributed by atoms with Gasteiger partial charge in [-0.1, -0.05) is 11.6 Å². The molecule has 98 valence electrons. The van der Waals surface area contributed by atoms with Gasteiger partial charge in [0.15, 0.2) is 0 Å². The van der Waals surface area contributed by atoms with E-state index in [4.69, 9.17) is 11.6 Å². The van der Waals surface area contributed by atoms with E-state index in [1.54, 1.807) is 12.1 Å². The van der Waals surface area contributed by atoms with Gasteiger partial charge >= 0.3 is 0 Å². The number of halogens is 1. The summed E-state index contributed by atoms with van der Waals surface area (Å²) < 4.78 is 0. The van der Waals surface area contributed by atoms with Crippen molar-refractivity contribution >= 4 is 28.9 Å². The van der Waals surface area contributed by atoms with Crippen molar-refractivity contribution in [1.82, 2.24) is 9.97 Å². The number of carbonyl (C=O) groups excluding carboxylic acids is 1. The van der Waals surface area contributed by atoms with E-state index in [9.17, 15) is 4.79 Å². The number of amides is 1. The highest BCUT2D eigenvalue weighted by atomic mass is 35.5. The highest BCUT2D eigenvalue weighted by Gasteiger charge is 2.11. The average Bonchev–Trinajstić information content (AvgIpc) is 2.39. The third kappa shape index (κ3) is 3.20. The molecule has 1 amide bonds. The van der Waals surface area contributed by atoms with E-state index in [1.165, 1.54) is 18.6 Å². The van der Waals surface area contributed by atoms with Gasteiger partial charge < -0.3 is 10.2 Å². The van der Waals surface area contributed by atoms with Gasteiger partial charge in [0.25, 0.3) is 5.91 Å². The summed E-state index contributed by atoms with van der Waals surface area (Å²) in [5.41, 5.74) is 1.75. The standard InChI is InChI=1S/C13H13ClN4O/c1-18(2)12-4-3-9(14)7-10(12)17-13(19)11-8-15-5-6-16-11/h3-8H,1-2H3,(H,17,19). The molecule has 2 aromatic rings. The largest absolute Gasteiger partial charge is 0.376 e. The number of aromatic nitrogens is 2. The van der Waals surface area contributed by atoms with Crippen LogP contribution in [0, 0.1) is 0 Å². The number of hydrogen-bond donors (Lipinski definition) is 1. The molecule has 5 nitrogen and oxygen atoms in total. The van der Waals surface area contributed by atoms with Gasteiger partial charge in [0.1, 0.15) is 5.69 Å². The fraction of sp³-hybridized carbons (Fsp3) is 0.154. The number of rotatable bonds is 3. The lowest BCUT2D eigenvalue weighted by atomic mass is 10.2. The van der Waals surface area contributed by atoms with Crippen LogP contribution in [-0.2, 0) is 0 Å². The highest BCUT2D eigenvalue weighted by molar-refractivity contribution is 6.31. The van der Waals surface area contributed by atoms with Gasteiger partial charge in [0.05, 0.1) is 17.6 Å². The predicted molar refractivity (Wildman–Crippen MR) is 75.8 cm³/mol. The van der Waals surface area contributed by atoms with Crippen molar-refractivity contribution in [3.63, 3.8) is 0 Å². The van der Waals surface area contributed by atoms with Crippen molar-refractivity contribution in [3.05, 3.63) is 47.5 Å². The zero-order valence-electron chi connectivity index (χ0n) is 10.6. The van der Waals surface area contributed by atoms with Crippen LogP contribution in [0.1, 0.15) is 10.5 Å². The Kier molecular flexibility index (Phi) is 3.97. The van der Waals surface area contributed by atoms with Crippen LogP contribution < -0.4 is 10.2 Å². The molecule has 0 atom stereocenters. The fourth-order valence-electron chi connectivity index (χ4n) is 1.60. The molecule has 19 heavy (non-hydrogen) atoms. The van der Waals surface area contributed by atoms with Gasteiger partial charge in [-0.3, -0.25) is 9.78 Å². The zero-order chi connectivity index (χ0) is 13.8. The molecule has 0 aliphatic rings. The molecule has 1 heterocycles. The number of hydrogen-bond acceptors (Lipinski definition) is 4. The highest BCUT2D eigenvalue weighted by Crippen LogP contribution is 2.28. The van der Waals surface area contributed by atoms with Crippen LogP contribution in [0.2, 0.25) is 5.02 Å². The Morgan fingerprint density at radius 1 is 1.32 bits per heavy atom. The van der Waals surface area contributed by atoms with E-state index in [-0.39, 0.29) is 11.6 Å². The minimum Gasteiger partial charge on any atom is -0.376 e. The van der Waals surface area contributed by atoms with E-state index in [2.05, 4.69) is 15.3 Å². The molecule has 0 aliphatic heterocycles. The first-order chi connectivity index (χ1) is 9.08. The van der Waals surface area contributed by atoms with E-state index in [0.29, 0.717) is 10.7 Å². The molecule has 0 spiro atoms. The Labute approximate surface area is 116 Å². The molecule has 0 bridgehead atoms. The molecule has 0 radical (unpaired) electrons. The SMILES string of the molecule is CN(C)c1ccc(Cl)cc1NC(=O)c1cnccn1. The lowest BCUT2D eigenvalue weighted by molar-refractivity contribution is 0.102. The summed E-state index contributed by atoms with van der Waals surface area (Å²) in [4.78, 5) is 21.7. The predicted octanol–water partition coefficient (Wildman–Crippen LogP) is 2.45. The quantitative estimate of drug-likeness (QED) is 0.935. The maximum Gasteiger partial charge on any atom is 0.275 e. The van der Waals surface area contributed by atoms with Crippen molar-refractivity contribution in [2.75, 3.05) is 24.3 Å². The summed E-state index contributed by atoms with van der Waals surface area (Å²) >= 11 is 5.95. The normalized spacial score (nSPS) is 10.1. The first-order valence-electron chi connectivity index (χ1n) is 5.62. The monoisotopic (exact) mass is 276 g/mol. The van der Waals surface area contributed by atoms with Crippen molar-refractivity contribution in [2.45, 2.75) is 0 Å². The van der Waals surface area contributed by atoms with Crippen LogP contribution in [0.3, 0.4) is 0 Å². The smallest absolute Gasteiger partial charge is 0.275 e. The van der Waals surface area contributed by atoms with Crippen molar-refractivity contribution in [1.29, 1.82) is 0 Å². The first kappa shape index (κ1) is 13.3. The minimum atomic E-state index is -0.321. The van der Waals surface area contributed by atoms with E-state index in [0.717, 1.165) is 5.69 Å². The summed E-state index contributed by atoms with van der Waals surface area (Å²) in [7, 11) is 3.78. The Balaban J connectivity index is 2.28. The molecule has 2 rings (SSSR count). The molecule has 0 aliphatic carbocycles. The Hall–Kier alpha value is -2.14. The van der Waals surface area contributed by atoms with Crippen molar-refractivity contribution in [2.24, 2.45) is 0 Å². The van der Waals surface area contributed by atoms with Gasteiger partial charge in [-0.05, 0) is 18.2 Å². The lowest BCUT2D eigenvalue weighted by Gasteiger charge is -2.18. The number of nitrogens with zero attached hydrogens (tertiary/aromatic N) is 3. The molecule has 0 saturated heterocycles. The number of carbonyl (C=O) groups is 1. The molecule has 0 saturated carbocycles. The molecule has 1 aromatic heterocycles. The molecule has 0 fully saturated rings. The van der Waals surface area contributed by atoms with E-state index < -0.39 is 0 Å². The molecular formula is C13H13ClN4O. The number of benzene rings is 1. The van der Waals surface area contributed by atoms with Crippen LogP contribution in [0.5, 0.6) is 0 Å². The van der Waals surface area contributed by atoms with Gasteiger partial charge in [-0.2, -0.15) is 0 Å². The maximum absolute atomic E-state index is 12.0. The van der Waals surface area contributed by atoms with Crippen LogP contribution in [0.25, 0.3) is 0 Å². The van der Waals surface area contributed by atoms with Crippen LogP contribution >= 0.6 is 11.6 Å². The summed E-state index contributed by atoms with van der Waals surface area (Å²) in [5, 5.41) is 3.34. The third-order valence-electron chi connectivity index (χ3n) is 2.48. The van der Waals surface area contributed by atoms with Gasteiger partial charge in [0.2, 0.25) is 0 Å². The molecule has 0 unspecified atom stereocenters. The van der Waals surface area contributed by atoms with Gasteiger partial charge in [-0.15, -0.1) is 0 Å². The molecule has 1 aromatic carbocycles. The number of nitrogens with one attached hydrogen (secondary N) is 1. The third-order valence-corrected chi connectivity index (χ3v) is 2.72. The summed E-state index contributed by atoms with van der Waals surface area (Å²) in [6, 6.07) is 5.31. The van der Waals surface area contributed by atoms with Gasteiger partial charge in [-0.25, -0.2) is 4.98 Å². The van der Waals surface area contributed by atoms with Crippen molar-refractivity contribution in [3.8, 4) is 0 Å². The van der Waals surface area contributed by atoms with Crippen molar-refractivity contribution < 1.29 is 4.79 Å². The first-order valence-corrected chi connectivity index (χ1v) is 6.00. The Bertz CT molecular complexity index is 586. The summed E-state index contributed by atoms with van der Waals surface area (Å²) in [5.74, 6) is -0.321. The topological polar surface area (TPSA) is 58.1 Å². The van der Waals surface area contributed by atoms with E-state index >= 15 is 0 Å². The average molecular weight is 277 g/mol. The summed E-state index contributed by atoms with van der Waals surface area (Å²) in [6.07, 6.45) is 4.40. The molecule has 1 N–H and O–H groups in total. The molecule has 6 heteroatoms. The van der Waals surface area contributed by atoms with Crippen LogP contribution in [0.4, 0.5) is 11.4 Å². The maximum atomic E-state index is 12.0. The zero-order valence-corrected chi connectivity index (χ0v) is 11.3. The number of anilines is 2. The summed E-state index contributed by atoms with van der Waals surface area (Å²) in [6.45, 7) is 0. The Morgan fingerprint density at radius 2 is 2.11 bits per heavy atom. The minimum absolute atomic E-state index is 0.257. The second-order valence-electron chi connectivity index (χ2n) is 4.10. The molecular weight excluding hydrogens is 264 g/mol. The second-order valence-corrected chi connectivity index (χ2v) is 4.54. The Morgan fingerprint density at radius 3 is 2.74 bits per heavy atom. The van der Waals surface area contributed by atoms with E-state index in [1.807, 2.05) is 25.1 Å². The lowest BCUT2D eigenvalue weighted by Crippen LogP contribution is -2.17. The van der Waals surface area contributed by atoms with Crippen LogP contribution in [0.15, 0.2) is 36.8 Å².